The lowest BCUT2D eigenvalue weighted by Gasteiger charge is -2.28. The predicted octanol–water partition coefficient (Wildman–Crippen LogP) is 2.26. The SMILES string of the molecule is CCN(c1ncnc2c(OC)c(OC)ccc12)[C@H]1CCOC1. The Morgan fingerprint density at radius 2 is 2.14 bits per heavy atom. The van der Waals surface area contributed by atoms with Crippen molar-refractivity contribution in [2.75, 3.05) is 38.9 Å². The number of hydrogen-bond donors (Lipinski definition) is 0. The summed E-state index contributed by atoms with van der Waals surface area (Å²) in [6.07, 6.45) is 2.60. The number of nitrogens with zero attached hydrogens (tertiary/aromatic N) is 3. The number of ether oxygens (including phenoxy) is 3. The third kappa shape index (κ3) is 2.43. The Labute approximate surface area is 130 Å². The van der Waals surface area contributed by atoms with Crippen LogP contribution >= 0.6 is 0 Å². The van der Waals surface area contributed by atoms with Gasteiger partial charge in [-0.05, 0) is 25.5 Å². The summed E-state index contributed by atoms with van der Waals surface area (Å²) in [4.78, 5) is 11.2. The van der Waals surface area contributed by atoms with Gasteiger partial charge in [-0.25, -0.2) is 9.97 Å². The normalized spacial score (nSPS) is 17.7. The van der Waals surface area contributed by atoms with Crippen LogP contribution in [0.1, 0.15) is 13.3 Å². The van der Waals surface area contributed by atoms with E-state index in [1.165, 1.54) is 0 Å². The lowest BCUT2D eigenvalue weighted by molar-refractivity contribution is 0.193. The first-order valence-electron chi connectivity index (χ1n) is 7.50. The third-order valence-corrected chi connectivity index (χ3v) is 4.09. The van der Waals surface area contributed by atoms with Gasteiger partial charge in [-0.3, -0.25) is 0 Å². The van der Waals surface area contributed by atoms with E-state index in [1.807, 2.05) is 12.1 Å². The largest absolute Gasteiger partial charge is 0.493 e. The van der Waals surface area contributed by atoms with E-state index in [2.05, 4.69) is 21.8 Å². The van der Waals surface area contributed by atoms with Gasteiger partial charge in [0.2, 0.25) is 0 Å². The van der Waals surface area contributed by atoms with Crippen LogP contribution in [-0.4, -0.2) is 50.0 Å². The van der Waals surface area contributed by atoms with E-state index in [0.717, 1.165) is 42.9 Å². The summed E-state index contributed by atoms with van der Waals surface area (Å²) in [6, 6.07) is 4.24. The van der Waals surface area contributed by atoms with Crippen LogP contribution in [0.5, 0.6) is 11.5 Å². The zero-order valence-corrected chi connectivity index (χ0v) is 13.2. The van der Waals surface area contributed by atoms with Crippen LogP contribution in [0.4, 0.5) is 5.82 Å². The molecule has 1 aromatic carbocycles. The van der Waals surface area contributed by atoms with Crippen molar-refractivity contribution >= 4 is 16.7 Å². The number of likely N-dealkylation sites (N-methyl/N-ethyl adjacent to an activating group) is 1. The highest BCUT2D eigenvalue weighted by molar-refractivity contribution is 5.95. The Morgan fingerprint density at radius 1 is 1.27 bits per heavy atom. The first-order valence-corrected chi connectivity index (χ1v) is 7.50. The van der Waals surface area contributed by atoms with E-state index in [0.29, 0.717) is 17.5 Å². The maximum atomic E-state index is 5.53. The van der Waals surface area contributed by atoms with Crippen molar-refractivity contribution in [2.24, 2.45) is 0 Å². The minimum Gasteiger partial charge on any atom is -0.493 e. The van der Waals surface area contributed by atoms with Gasteiger partial charge in [-0.15, -0.1) is 0 Å². The molecule has 118 valence electrons. The quantitative estimate of drug-likeness (QED) is 0.844. The van der Waals surface area contributed by atoms with Crippen molar-refractivity contribution in [3.05, 3.63) is 18.5 Å². The number of benzene rings is 1. The van der Waals surface area contributed by atoms with Crippen molar-refractivity contribution in [3.8, 4) is 11.5 Å². The number of methoxy groups -OCH3 is 2. The molecule has 1 saturated heterocycles. The summed E-state index contributed by atoms with van der Waals surface area (Å²) in [7, 11) is 3.25. The Balaban J connectivity index is 2.13. The van der Waals surface area contributed by atoms with Gasteiger partial charge >= 0.3 is 0 Å². The molecule has 1 aromatic heterocycles. The van der Waals surface area contributed by atoms with Crippen molar-refractivity contribution in [2.45, 2.75) is 19.4 Å². The number of anilines is 1. The highest BCUT2D eigenvalue weighted by atomic mass is 16.5. The molecule has 0 amide bonds. The minimum absolute atomic E-state index is 0.358. The first-order chi connectivity index (χ1) is 10.8. The van der Waals surface area contributed by atoms with E-state index >= 15 is 0 Å². The van der Waals surface area contributed by atoms with Crippen LogP contribution in [0, 0.1) is 0 Å². The summed E-state index contributed by atoms with van der Waals surface area (Å²) in [6.45, 7) is 4.55. The van der Waals surface area contributed by atoms with Crippen molar-refractivity contribution in [3.63, 3.8) is 0 Å². The summed E-state index contributed by atoms with van der Waals surface area (Å²) in [5, 5.41) is 0.967. The van der Waals surface area contributed by atoms with Crippen molar-refractivity contribution < 1.29 is 14.2 Å². The molecule has 0 radical (unpaired) electrons. The van der Waals surface area contributed by atoms with Gasteiger partial charge in [0.25, 0.3) is 0 Å². The van der Waals surface area contributed by atoms with E-state index in [9.17, 15) is 0 Å². The molecule has 1 aliphatic rings. The molecule has 0 bridgehead atoms. The maximum Gasteiger partial charge on any atom is 0.187 e. The van der Waals surface area contributed by atoms with Gasteiger partial charge in [0.1, 0.15) is 17.7 Å². The zero-order chi connectivity index (χ0) is 15.5. The molecule has 2 aromatic rings. The fourth-order valence-electron chi connectivity index (χ4n) is 3.01. The molecule has 2 heterocycles. The van der Waals surface area contributed by atoms with E-state index in [4.69, 9.17) is 14.2 Å². The molecule has 3 rings (SSSR count). The van der Waals surface area contributed by atoms with E-state index in [-0.39, 0.29) is 0 Å². The topological polar surface area (TPSA) is 56.7 Å². The van der Waals surface area contributed by atoms with Crippen LogP contribution in [0.25, 0.3) is 10.9 Å². The molecule has 6 nitrogen and oxygen atoms in total. The highest BCUT2D eigenvalue weighted by Gasteiger charge is 2.25. The van der Waals surface area contributed by atoms with Gasteiger partial charge in [-0.2, -0.15) is 0 Å². The molecule has 6 heteroatoms. The van der Waals surface area contributed by atoms with Gasteiger partial charge in [0.05, 0.1) is 26.9 Å². The van der Waals surface area contributed by atoms with Gasteiger partial charge < -0.3 is 19.1 Å². The fourth-order valence-corrected chi connectivity index (χ4v) is 3.01. The van der Waals surface area contributed by atoms with E-state index in [1.54, 1.807) is 20.5 Å². The smallest absolute Gasteiger partial charge is 0.187 e. The second-order valence-electron chi connectivity index (χ2n) is 5.20. The van der Waals surface area contributed by atoms with Gasteiger partial charge in [0, 0.05) is 18.5 Å². The zero-order valence-electron chi connectivity index (χ0n) is 13.2. The average molecular weight is 303 g/mol. The second-order valence-corrected chi connectivity index (χ2v) is 5.20. The van der Waals surface area contributed by atoms with Crippen LogP contribution in [0.15, 0.2) is 18.5 Å². The monoisotopic (exact) mass is 303 g/mol. The molecular formula is C16H21N3O3. The minimum atomic E-state index is 0.358. The number of fused-ring (bicyclic) bond motifs is 1. The molecule has 0 unspecified atom stereocenters. The van der Waals surface area contributed by atoms with Crippen molar-refractivity contribution in [1.82, 2.24) is 9.97 Å². The molecule has 0 spiro atoms. The Morgan fingerprint density at radius 3 is 2.77 bits per heavy atom. The molecule has 22 heavy (non-hydrogen) atoms. The molecule has 1 fully saturated rings. The Bertz CT molecular complexity index is 656. The second kappa shape index (κ2) is 6.36. The Kier molecular flexibility index (Phi) is 4.29. The van der Waals surface area contributed by atoms with Crippen LogP contribution in [-0.2, 0) is 4.74 Å². The standard InChI is InChI=1S/C16H21N3O3/c1-4-19(11-7-8-22-9-11)16-12-5-6-13(20-2)15(21-3)14(12)17-10-18-16/h5-6,10-11H,4,7-9H2,1-3H3/t11-/m0/s1. The lowest BCUT2D eigenvalue weighted by Crippen LogP contribution is -2.36. The first kappa shape index (κ1) is 14.8. The number of aromatic nitrogens is 2. The van der Waals surface area contributed by atoms with Gasteiger partial charge in [0.15, 0.2) is 11.5 Å². The summed E-state index contributed by atoms with van der Waals surface area (Å²) >= 11 is 0. The summed E-state index contributed by atoms with van der Waals surface area (Å²) in [5.74, 6) is 2.23. The predicted molar refractivity (Wildman–Crippen MR) is 84.9 cm³/mol. The third-order valence-electron chi connectivity index (χ3n) is 4.09. The van der Waals surface area contributed by atoms with E-state index < -0.39 is 0 Å². The van der Waals surface area contributed by atoms with Gasteiger partial charge in [-0.1, -0.05) is 0 Å². The summed E-state index contributed by atoms with van der Waals surface area (Å²) in [5.41, 5.74) is 0.768. The highest BCUT2D eigenvalue weighted by Crippen LogP contribution is 2.37. The van der Waals surface area contributed by atoms with Crippen LogP contribution in [0.2, 0.25) is 0 Å². The average Bonchev–Trinajstić information content (AvgIpc) is 3.08. The molecule has 0 aliphatic carbocycles. The molecule has 1 aliphatic heterocycles. The maximum absolute atomic E-state index is 5.53. The fraction of sp³-hybridized carbons (Fsp3) is 0.500. The van der Waals surface area contributed by atoms with Crippen LogP contribution in [0.3, 0.4) is 0 Å². The molecule has 0 saturated carbocycles. The summed E-state index contributed by atoms with van der Waals surface area (Å²) < 4.78 is 16.4. The lowest BCUT2D eigenvalue weighted by atomic mass is 10.1. The molecule has 1 atom stereocenters. The number of hydrogen-bond acceptors (Lipinski definition) is 6. The Hall–Kier alpha value is -2.08. The molecular weight excluding hydrogens is 282 g/mol. The van der Waals surface area contributed by atoms with Crippen molar-refractivity contribution in [1.29, 1.82) is 0 Å². The van der Waals surface area contributed by atoms with Crippen LogP contribution < -0.4 is 14.4 Å². The molecule has 0 N–H and O–H groups in total. The number of rotatable bonds is 5.